The molecule has 1 heterocycles. The fourth-order valence-electron chi connectivity index (χ4n) is 1.83. The zero-order chi connectivity index (χ0) is 15.7. The molecule has 1 N–H and O–H groups in total. The Hall–Kier alpha value is -1.21. The van der Waals surface area contributed by atoms with Crippen molar-refractivity contribution in [1.29, 1.82) is 0 Å². The van der Waals surface area contributed by atoms with E-state index in [1.807, 2.05) is 0 Å². The maximum atomic E-state index is 11.5. The molecule has 0 saturated carbocycles. The Balaban J connectivity index is 2.43. The highest BCUT2D eigenvalue weighted by atomic mass is 32.2. The van der Waals surface area contributed by atoms with Crippen molar-refractivity contribution in [2.24, 2.45) is 0 Å². The Bertz CT molecular complexity index is 384. The molecule has 0 aromatic carbocycles. The van der Waals surface area contributed by atoms with E-state index in [2.05, 4.69) is 5.32 Å². The molecule has 21 heavy (non-hydrogen) atoms. The summed E-state index contributed by atoms with van der Waals surface area (Å²) in [6.07, 6.45) is 1.54. The van der Waals surface area contributed by atoms with Gasteiger partial charge in [-0.25, -0.2) is 9.59 Å². The van der Waals surface area contributed by atoms with Crippen molar-refractivity contribution in [2.45, 2.75) is 38.5 Å². The van der Waals surface area contributed by atoms with Crippen LogP contribution in [0, 0.1) is 0 Å². The molecule has 6 nitrogen and oxygen atoms in total. The lowest BCUT2D eigenvalue weighted by Crippen LogP contribution is -2.33. The third-order valence-corrected chi connectivity index (χ3v) is 3.89. The summed E-state index contributed by atoms with van der Waals surface area (Å²) in [7, 11) is 0. The van der Waals surface area contributed by atoms with Crippen molar-refractivity contribution < 1.29 is 23.8 Å². The van der Waals surface area contributed by atoms with E-state index in [-0.39, 0.29) is 23.3 Å². The van der Waals surface area contributed by atoms with Gasteiger partial charge in [-0.05, 0) is 39.3 Å². The molecular weight excluding hydrogens is 294 g/mol. The Morgan fingerprint density at radius 3 is 2.86 bits per heavy atom. The number of hydrogen-bond donors (Lipinski definition) is 1. The highest BCUT2D eigenvalue weighted by Crippen LogP contribution is 2.25. The molecule has 0 spiro atoms. The Morgan fingerprint density at radius 1 is 1.43 bits per heavy atom. The lowest BCUT2D eigenvalue weighted by atomic mass is 10.1. The Kier molecular flexibility index (Phi) is 8.22. The first-order valence-corrected chi connectivity index (χ1v) is 8.10. The molecule has 0 aromatic rings. The van der Waals surface area contributed by atoms with Crippen LogP contribution in [0.5, 0.6) is 0 Å². The van der Waals surface area contributed by atoms with Crippen LogP contribution in [0.2, 0.25) is 0 Å². The number of piperidine rings is 1. The summed E-state index contributed by atoms with van der Waals surface area (Å²) in [6, 6.07) is 0. The summed E-state index contributed by atoms with van der Waals surface area (Å²) < 4.78 is 14.8. The minimum Gasteiger partial charge on any atom is -0.463 e. The van der Waals surface area contributed by atoms with Crippen LogP contribution in [0.4, 0.5) is 4.79 Å². The van der Waals surface area contributed by atoms with Crippen LogP contribution >= 0.6 is 11.8 Å². The maximum absolute atomic E-state index is 11.5. The second-order valence-electron chi connectivity index (χ2n) is 4.77. The van der Waals surface area contributed by atoms with Gasteiger partial charge in [0.05, 0.1) is 12.7 Å². The minimum atomic E-state index is -0.664. The van der Waals surface area contributed by atoms with Gasteiger partial charge in [-0.1, -0.05) is 0 Å². The zero-order valence-corrected chi connectivity index (χ0v) is 13.5. The van der Waals surface area contributed by atoms with Gasteiger partial charge in [-0.3, -0.25) is 0 Å². The molecule has 1 unspecified atom stereocenters. The molecule has 120 valence electrons. The summed E-state index contributed by atoms with van der Waals surface area (Å²) in [4.78, 5) is 22.8. The first kappa shape index (κ1) is 17.8. The molecule has 1 aliphatic rings. The summed E-state index contributed by atoms with van der Waals surface area (Å²) in [5, 5.41) is 3.36. The quantitative estimate of drug-likeness (QED) is 0.457. The van der Waals surface area contributed by atoms with Crippen LogP contribution in [0.1, 0.15) is 27.2 Å². The van der Waals surface area contributed by atoms with Gasteiger partial charge in [0, 0.05) is 17.9 Å². The number of thioether (sulfide) groups is 1. The zero-order valence-electron chi connectivity index (χ0n) is 12.7. The van der Waals surface area contributed by atoms with Gasteiger partial charge in [0.25, 0.3) is 0 Å². The van der Waals surface area contributed by atoms with Crippen molar-refractivity contribution in [3.05, 3.63) is 11.6 Å². The minimum absolute atomic E-state index is 0.141. The number of nitrogens with one attached hydrogen (secondary N) is 1. The molecule has 1 saturated heterocycles. The first-order valence-electron chi connectivity index (χ1n) is 7.05. The van der Waals surface area contributed by atoms with Gasteiger partial charge in [0.1, 0.15) is 5.94 Å². The second-order valence-corrected chi connectivity index (χ2v) is 5.91. The van der Waals surface area contributed by atoms with Crippen molar-refractivity contribution in [1.82, 2.24) is 5.32 Å². The van der Waals surface area contributed by atoms with E-state index in [1.54, 1.807) is 20.8 Å². The molecular formula is C14H23NO5S. The normalized spacial score (nSPS) is 20.4. The summed E-state index contributed by atoms with van der Waals surface area (Å²) in [5.41, 5.74) is 0.963. The SMILES string of the molecule is CCOC(=O)/C=C1/CNCCC1SCOC(=O)OC(C)C. The van der Waals surface area contributed by atoms with Crippen LogP contribution < -0.4 is 5.32 Å². The van der Waals surface area contributed by atoms with Crippen LogP contribution in [0.15, 0.2) is 11.6 Å². The lowest BCUT2D eigenvalue weighted by Gasteiger charge is -2.25. The van der Waals surface area contributed by atoms with E-state index in [1.165, 1.54) is 17.8 Å². The summed E-state index contributed by atoms with van der Waals surface area (Å²) >= 11 is 1.48. The molecule has 0 bridgehead atoms. The molecule has 0 amide bonds. The average Bonchev–Trinajstić information content (AvgIpc) is 2.40. The van der Waals surface area contributed by atoms with E-state index in [0.717, 1.165) is 18.5 Å². The number of carbonyl (C=O) groups excluding carboxylic acids is 2. The molecule has 1 aliphatic heterocycles. The fraction of sp³-hybridized carbons (Fsp3) is 0.714. The third kappa shape index (κ3) is 7.38. The second kappa shape index (κ2) is 9.68. The lowest BCUT2D eigenvalue weighted by molar-refractivity contribution is -0.137. The molecule has 1 atom stereocenters. The average molecular weight is 317 g/mol. The van der Waals surface area contributed by atoms with Crippen LogP contribution in [-0.2, 0) is 19.0 Å². The first-order chi connectivity index (χ1) is 10.0. The van der Waals surface area contributed by atoms with Crippen LogP contribution in [0.25, 0.3) is 0 Å². The standard InChI is InChI=1S/C14H23NO5S/c1-4-18-13(16)7-11-8-15-6-5-12(11)21-9-19-14(17)20-10(2)3/h7,10,12,15H,4-6,8-9H2,1-3H3/b11-7-. The predicted molar refractivity (Wildman–Crippen MR) is 81.2 cm³/mol. The van der Waals surface area contributed by atoms with E-state index in [9.17, 15) is 9.59 Å². The molecule has 0 aliphatic carbocycles. The van der Waals surface area contributed by atoms with Gasteiger partial charge < -0.3 is 19.5 Å². The number of ether oxygens (including phenoxy) is 3. The Morgan fingerprint density at radius 2 is 2.19 bits per heavy atom. The van der Waals surface area contributed by atoms with E-state index in [0.29, 0.717) is 13.2 Å². The van der Waals surface area contributed by atoms with Crippen molar-refractivity contribution in [3.8, 4) is 0 Å². The number of carbonyl (C=O) groups is 2. The fourth-order valence-corrected chi connectivity index (χ4v) is 2.80. The highest BCUT2D eigenvalue weighted by molar-refractivity contribution is 7.99. The van der Waals surface area contributed by atoms with Crippen LogP contribution in [0.3, 0.4) is 0 Å². The van der Waals surface area contributed by atoms with E-state index < -0.39 is 6.16 Å². The largest absolute Gasteiger partial charge is 0.509 e. The van der Waals surface area contributed by atoms with Crippen molar-refractivity contribution >= 4 is 23.9 Å². The number of hydrogen-bond acceptors (Lipinski definition) is 7. The molecule has 0 radical (unpaired) electrons. The summed E-state index contributed by atoms with van der Waals surface area (Å²) in [6.45, 7) is 7.18. The van der Waals surface area contributed by atoms with E-state index >= 15 is 0 Å². The van der Waals surface area contributed by atoms with Gasteiger partial charge in [0.15, 0.2) is 0 Å². The maximum Gasteiger partial charge on any atom is 0.509 e. The van der Waals surface area contributed by atoms with Gasteiger partial charge in [-0.2, -0.15) is 0 Å². The topological polar surface area (TPSA) is 73.9 Å². The predicted octanol–water partition coefficient (Wildman–Crippen LogP) is 2.09. The smallest absolute Gasteiger partial charge is 0.463 e. The summed E-state index contributed by atoms with van der Waals surface area (Å²) in [5.74, 6) is -0.127. The molecule has 0 aromatic heterocycles. The molecule has 7 heteroatoms. The number of esters is 1. The van der Waals surface area contributed by atoms with Gasteiger partial charge in [-0.15, -0.1) is 11.8 Å². The van der Waals surface area contributed by atoms with Gasteiger partial charge in [0.2, 0.25) is 0 Å². The van der Waals surface area contributed by atoms with Crippen molar-refractivity contribution in [2.75, 3.05) is 25.6 Å². The van der Waals surface area contributed by atoms with E-state index in [4.69, 9.17) is 14.2 Å². The number of rotatable bonds is 6. The van der Waals surface area contributed by atoms with Crippen LogP contribution in [-0.4, -0.2) is 49.1 Å². The van der Waals surface area contributed by atoms with Crippen molar-refractivity contribution in [3.63, 3.8) is 0 Å². The monoisotopic (exact) mass is 317 g/mol. The third-order valence-electron chi connectivity index (χ3n) is 2.69. The highest BCUT2D eigenvalue weighted by Gasteiger charge is 2.21. The molecule has 1 rings (SSSR count). The molecule has 1 fully saturated rings. The van der Waals surface area contributed by atoms with Gasteiger partial charge >= 0.3 is 12.1 Å². The Labute approximate surface area is 129 Å².